The van der Waals surface area contributed by atoms with Gasteiger partial charge in [-0.1, -0.05) is 23.9 Å². The maximum absolute atomic E-state index is 12.5. The van der Waals surface area contributed by atoms with Crippen LogP contribution >= 0.6 is 11.8 Å². The lowest BCUT2D eigenvalue weighted by Gasteiger charge is -2.12. The van der Waals surface area contributed by atoms with Gasteiger partial charge in [-0.15, -0.1) is 10.2 Å². The molecule has 0 bridgehead atoms. The van der Waals surface area contributed by atoms with Crippen molar-refractivity contribution in [3.63, 3.8) is 0 Å². The molecule has 1 aromatic heterocycles. The van der Waals surface area contributed by atoms with Crippen molar-refractivity contribution in [3.05, 3.63) is 48.5 Å². The minimum atomic E-state index is -0.344. The van der Waals surface area contributed by atoms with Crippen LogP contribution in [0.5, 0.6) is 11.5 Å². The first-order valence-corrected chi connectivity index (χ1v) is 9.55. The van der Waals surface area contributed by atoms with E-state index in [1.807, 2.05) is 42.8 Å². The summed E-state index contributed by atoms with van der Waals surface area (Å²) in [6.07, 6.45) is 0. The van der Waals surface area contributed by atoms with E-state index in [2.05, 4.69) is 15.5 Å². The normalized spacial score (nSPS) is 11.7. The number of benzene rings is 2. The number of nitrogens with one attached hydrogen (secondary N) is 1. The Morgan fingerprint density at radius 1 is 1.07 bits per heavy atom. The highest BCUT2D eigenvalue weighted by atomic mass is 32.2. The standard InChI is InChI=1S/C20H22N4O3S/c1-13(19(25)21-15-8-10-16(26-3)11-9-15)28-20-23-22-18(24(20)2)14-6-5-7-17(12-14)27-4/h5-13H,1-4H3,(H,21,25). The number of nitrogens with zero attached hydrogens (tertiary/aromatic N) is 3. The van der Waals surface area contributed by atoms with Crippen LogP contribution < -0.4 is 14.8 Å². The van der Waals surface area contributed by atoms with Gasteiger partial charge in [0.1, 0.15) is 11.5 Å². The minimum absolute atomic E-state index is 0.110. The molecule has 1 heterocycles. The summed E-state index contributed by atoms with van der Waals surface area (Å²) in [4.78, 5) is 12.5. The van der Waals surface area contributed by atoms with Crippen molar-refractivity contribution in [2.45, 2.75) is 17.3 Å². The molecule has 0 spiro atoms. The monoisotopic (exact) mass is 398 g/mol. The van der Waals surface area contributed by atoms with Gasteiger partial charge in [0.2, 0.25) is 5.91 Å². The molecule has 1 unspecified atom stereocenters. The average molecular weight is 398 g/mol. The van der Waals surface area contributed by atoms with Gasteiger partial charge in [-0.05, 0) is 43.3 Å². The topological polar surface area (TPSA) is 78.3 Å². The molecule has 146 valence electrons. The first-order chi connectivity index (χ1) is 13.5. The third-order valence-corrected chi connectivity index (χ3v) is 5.31. The van der Waals surface area contributed by atoms with Gasteiger partial charge in [-0.2, -0.15) is 0 Å². The van der Waals surface area contributed by atoms with E-state index in [-0.39, 0.29) is 11.2 Å². The van der Waals surface area contributed by atoms with Crippen LogP contribution in [0.15, 0.2) is 53.7 Å². The Morgan fingerprint density at radius 2 is 1.79 bits per heavy atom. The Balaban J connectivity index is 1.69. The average Bonchev–Trinajstić information content (AvgIpc) is 3.08. The lowest BCUT2D eigenvalue weighted by atomic mass is 10.2. The number of rotatable bonds is 7. The molecule has 3 rings (SSSR count). The smallest absolute Gasteiger partial charge is 0.237 e. The van der Waals surface area contributed by atoms with E-state index in [4.69, 9.17) is 9.47 Å². The highest BCUT2D eigenvalue weighted by Gasteiger charge is 2.19. The second-order valence-electron chi connectivity index (χ2n) is 6.07. The maximum atomic E-state index is 12.5. The number of anilines is 1. The molecular weight excluding hydrogens is 376 g/mol. The van der Waals surface area contributed by atoms with Crippen molar-refractivity contribution in [1.82, 2.24) is 14.8 Å². The summed E-state index contributed by atoms with van der Waals surface area (Å²) < 4.78 is 12.3. The second-order valence-corrected chi connectivity index (χ2v) is 7.38. The third kappa shape index (κ3) is 4.45. The van der Waals surface area contributed by atoms with Crippen LogP contribution in [0.2, 0.25) is 0 Å². The van der Waals surface area contributed by atoms with Gasteiger partial charge in [-0.3, -0.25) is 4.79 Å². The molecule has 1 N–H and O–H groups in total. The number of carbonyl (C=O) groups excluding carboxylic acids is 1. The fourth-order valence-electron chi connectivity index (χ4n) is 2.56. The number of amides is 1. The van der Waals surface area contributed by atoms with Gasteiger partial charge in [-0.25, -0.2) is 0 Å². The summed E-state index contributed by atoms with van der Waals surface area (Å²) >= 11 is 1.35. The Labute approximate surface area is 168 Å². The molecule has 28 heavy (non-hydrogen) atoms. The number of ether oxygens (including phenoxy) is 2. The lowest BCUT2D eigenvalue weighted by molar-refractivity contribution is -0.115. The van der Waals surface area contributed by atoms with E-state index in [0.29, 0.717) is 16.7 Å². The van der Waals surface area contributed by atoms with E-state index in [0.717, 1.165) is 17.1 Å². The molecule has 3 aromatic rings. The quantitative estimate of drug-likeness (QED) is 0.613. The first kappa shape index (κ1) is 19.8. The highest BCUT2D eigenvalue weighted by Crippen LogP contribution is 2.28. The summed E-state index contributed by atoms with van der Waals surface area (Å²) in [6, 6.07) is 14.8. The summed E-state index contributed by atoms with van der Waals surface area (Å²) in [6.45, 7) is 1.84. The molecule has 8 heteroatoms. The zero-order valence-corrected chi connectivity index (χ0v) is 17.0. The van der Waals surface area contributed by atoms with E-state index in [1.165, 1.54) is 11.8 Å². The fraction of sp³-hybridized carbons (Fsp3) is 0.250. The minimum Gasteiger partial charge on any atom is -0.497 e. The number of thioether (sulfide) groups is 1. The largest absolute Gasteiger partial charge is 0.497 e. The lowest BCUT2D eigenvalue weighted by Crippen LogP contribution is -2.22. The number of methoxy groups -OCH3 is 2. The summed E-state index contributed by atoms with van der Waals surface area (Å²) in [7, 11) is 5.11. The summed E-state index contributed by atoms with van der Waals surface area (Å²) in [5.74, 6) is 2.09. The Bertz CT molecular complexity index is 956. The molecule has 0 aliphatic heterocycles. The van der Waals surface area contributed by atoms with Gasteiger partial charge >= 0.3 is 0 Å². The van der Waals surface area contributed by atoms with Crippen molar-refractivity contribution in [2.75, 3.05) is 19.5 Å². The van der Waals surface area contributed by atoms with E-state index in [9.17, 15) is 4.79 Å². The number of hydrogen-bond donors (Lipinski definition) is 1. The highest BCUT2D eigenvalue weighted by molar-refractivity contribution is 8.00. The van der Waals surface area contributed by atoms with Crippen LogP contribution in [0.1, 0.15) is 6.92 Å². The Morgan fingerprint density at radius 3 is 2.46 bits per heavy atom. The van der Waals surface area contributed by atoms with Crippen LogP contribution in [0.4, 0.5) is 5.69 Å². The molecule has 2 aromatic carbocycles. The van der Waals surface area contributed by atoms with Crippen LogP contribution in [0.3, 0.4) is 0 Å². The van der Waals surface area contributed by atoms with E-state index >= 15 is 0 Å². The molecule has 7 nitrogen and oxygen atoms in total. The molecule has 0 aliphatic carbocycles. The van der Waals surface area contributed by atoms with Crippen molar-refractivity contribution in [2.24, 2.45) is 7.05 Å². The van der Waals surface area contributed by atoms with Crippen molar-refractivity contribution < 1.29 is 14.3 Å². The van der Waals surface area contributed by atoms with Gasteiger partial charge in [0, 0.05) is 18.3 Å². The molecular formula is C20H22N4O3S. The zero-order valence-electron chi connectivity index (χ0n) is 16.2. The van der Waals surface area contributed by atoms with Gasteiger partial charge in [0.25, 0.3) is 0 Å². The number of hydrogen-bond acceptors (Lipinski definition) is 6. The summed E-state index contributed by atoms with van der Waals surface area (Å²) in [5, 5.41) is 11.7. The van der Waals surface area contributed by atoms with Crippen LogP contribution in [0, 0.1) is 0 Å². The molecule has 0 aliphatic rings. The van der Waals surface area contributed by atoms with E-state index in [1.54, 1.807) is 38.5 Å². The summed E-state index contributed by atoms with van der Waals surface area (Å²) in [5.41, 5.74) is 1.62. The maximum Gasteiger partial charge on any atom is 0.237 e. The Hall–Kier alpha value is -3.00. The molecule has 0 saturated heterocycles. The predicted octanol–water partition coefficient (Wildman–Crippen LogP) is 3.62. The van der Waals surface area contributed by atoms with Crippen molar-refractivity contribution >= 4 is 23.4 Å². The van der Waals surface area contributed by atoms with Gasteiger partial charge in [0.15, 0.2) is 11.0 Å². The molecule has 1 atom stereocenters. The van der Waals surface area contributed by atoms with Crippen molar-refractivity contribution in [1.29, 1.82) is 0 Å². The number of aromatic nitrogens is 3. The SMILES string of the molecule is COc1ccc(NC(=O)C(C)Sc2nnc(-c3cccc(OC)c3)n2C)cc1. The fourth-order valence-corrected chi connectivity index (χ4v) is 3.38. The second kappa shape index (κ2) is 8.79. The van der Waals surface area contributed by atoms with Crippen LogP contribution in [-0.4, -0.2) is 40.1 Å². The first-order valence-electron chi connectivity index (χ1n) is 8.67. The molecule has 0 saturated carbocycles. The van der Waals surface area contributed by atoms with Crippen LogP contribution in [-0.2, 0) is 11.8 Å². The van der Waals surface area contributed by atoms with Gasteiger partial charge < -0.3 is 19.4 Å². The predicted molar refractivity (Wildman–Crippen MR) is 110 cm³/mol. The van der Waals surface area contributed by atoms with Crippen molar-refractivity contribution in [3.8, 4) is 22.9 Å². The van der Waals surface area contributed by atoms with E-state index < -0.39 is 0 Å². The van der Waals surface area contributed by atoms with Gasteiger partial charge in [0.05, 0.1) is 19.5 Å². The molecule has 1 amide bonds. The number of carbonyl (C=O) groups is 1. The Kier molecular flexibility index (Phi) is 6.20. The molecule has 0 radical (unpaired) electrons. The zero-order chi connectivity index (χ0) is 20.1. The third-order valence-electron chi connectivity index (χ3n) is 4.17. The molecule has 0 fully saturated rings. The van der Waals surface area contributed by atoms with Crippen LogP contribution in [0.25, 0.3) is 11.4 Å².